The summed E-state index contributed by atoms with van der Waals surface area (Å²) in [6.07, 6.45) is 2.08. The molecule has 0 radical (unpaired) electrons. The van der Waals surface area contributed by atoms with Crippen molar-refractivity contribution in [3.8, 4) is 0 Å². The van der Waals surface area contributed by atoms with E-state index in [-0.39, 0.29) is 0 Å². The third kappa shape index (κ3) is 3.57. The predicted molar refractivity (Wildman–Crippen MR) is 70.9 cm³/mol. The number of anilines is 1. The summed E-state index contributed by atoms with van der Waals surface area (Å²) in [5.74, 6) is 0.620. The van der Waals surface area contributed by atoms with E-state index in [1.165, 1.54) is 0 Å². The van der Waals surface area contributed by atoms with E-state index in [1.807, 2.05) is 18.2 Å². The topological polar surface area (TPSA) is 41.6 Å². The summed E-state index contributed by atoms with van der Waals surface area (Å²) in [6, 6.07) is 10.2. The van der Waals surface area contributed by atoms with Gasteiger partial charge in [-0.15, -0.1) is 0 Å². The lowest BCUT2D eigenvalue weighted by atomic mass is 10.3. The number of guanidine groups is 1. The lowest BCUT2D eigenvalue weighted by Crippen LogP contribution is -2.38. The second-order valence-electron chi connectivity index (χ2n) is 3.73. The van der Waals surface area contributed by atoms with E-state index in [1.54, 1.807) is 0 Å². The monoisotopic (exact) mass is 219 g/mol. The van der Waals surface area contributed by atoms with Gasteiger partial charge in [-0.3, -0.25) is 4.99 Å². The Kier molecular flexibility index (Phi) is 5.40. The first kappa shape index (κ1) is 12.6. The fourth-order valence-corrected chi connectivity index (χ4v) is 1.52. The molecule has 0 unspecified atom stereocenters. The van der Waals surface area contributed by atoms with Crippen molar-refractivity contribution in [3.05, 3.63) is 30.3 Å². The number of aliphatic imine (C=N–C) groups is 1. The van der Waals surface area contributed by atoms with Gasteiger partial charge in [0.05, 0.1) is 0 Å². The zero-order valence-corrected chi connectivity index (χ0v) is 10.2. The molecule has 0 spiro atoms. The molecule has 0 bridgehead atoms. The summed E-state index contributed by atoms with van der Waals surface area (Å²) < 4.78 is 0. The molecule has 0 aliphatic rings. The summed E-state index contributed by atoms with van der Waals surface area (Å²) in [4.78, 5) is 6.42. The first-order chi connectivity index (χ1) is 7.79. The van der Waals surface area contributed by atoms with Crippen LogP contribution in [-0.2, 0) is 0 Å². The molecular formula is C13H21N3. The molecule has 16 heavy (non-hydrogen) atoms. The van der Waals surface area contributed by atoms with Crippen molar-refractivity contribution in [3.63, 3.8) is 0 Å². The fraction of sp³-hybridized carbons (Fsp3) is 0.462. The van der Waals surface area contributed by atoms with E-state index in [9.17, 15) is 0 Å². The summed E-state index contributed by atoms with van der Waals surface area (Å²) in [6.45, 7) is 5.94. The molecule has 0 saturated carbocycles. The number of nitrogens with two attached hydrogens (primary N) is 1. The Bertz CT molecular complexity index is 319. The third-order valence-electron chi connectivity index (χ3n) is 2.29. The molecule has 2 N–H and O–H groups in total. The molecule has 0 amide bonds. The largest absolute Gasteiger partial charge is 0.370 e. The van der Waals surface area contributed by atoms with Gasteiger partial charge in [0.15, 0.2) is 5.96 Å². The summed E-state index contributed by atoms with van der Waals surface area (Å²) in [5.41, 5.74) is 7.11. The molecule has 0 fully saturated rings. The van der Waals surface area contributed by atoms with Crippen LogP contribution >= 0.6 is 0 Å². The smallest absolute Gasteiger partial charge is 0.195 e. The predicted octanol–water partition coefficient (Wildman–Crippen LogP) is 2.63. The lowest BCUT2D eigenvalue weighted by molar-refractivity contribution is 0.874. The highest BCUT2D eigenvalue weighted by atomic mass is 15.3. The maximum absolute atomic E-state index is 6.00. The van der Waals surface area contributed by atoms with Crippen LogP contribution < -0.4 is 10.6 Å². The van der Waals surface area contributed by atoms with Crippen LogP contribution in [0.25, 0.3) is 0 Å². The lowest BCUT2D eigenvalue weighted by Gasteiger charge is -2.23. The van der Waals surface area contributed by atoms with E-state index in [0.29, 0.717) is 5.96 Å². The van der Waals surface area contributed by atoms with Crippen LogP contribution in [-0.4, -0.2) is 19.0 Å². The summed E-state index contributed by atoms with van der Waals surface area (Å²) in [5, 5.41) is 0. The van der Waals surface area contributed by atoms with Crippen LogP contribution in [0.2, 0.25) is 0 Å². The fourth-order valence-electron chi connectivity index (χ4n) is 1.52. The van der Waals surface area contributed by atoms with Gasteiger partial charge in [0.25, 0.3) is 0 Å². The standard InChI is InChI=1S/C13H21N3/c1-3-10-15-13(14)16(11-4-2)12-8-6-5-7-9-12/h5-9H,3-4,10-11H2,1-2H3,(H2,14,15). The second-order valence-corrected chi connectivity index (χ2v) is 3.73. The van der Waals surface area contributed by atoms with Gasteiger partial charge >= 0.3 is 0 Å². The van der Waals surface area contributed by atoms with Crippen molar-refractivity contribution in [2.45, 2.75) is 26.7 Å². The van der Waals surface area contributed by atoms with Gasteiger partial charge in [-0.05, 0) is 25.0 Å². The van der Waals surface area contributed by atoms with Crippen LogP contribution in [0.15, 0.2) is 35.3 Å². The van der Waals surface area contributed by atoms with Gasteiger partial charge in [0.2, 0.25) is 0 Å². The Morgan fingerprint density at radius 3 is 2.44 bits per heavy atom. The molecule has 0 saturated heterocycles. The zero-order valence-electron chi connectivity index (χ0n) is 10.2. The molecule has 1 rings (SSSR count). The first-order valence-corrected chi connectivity index (χ1v) is 5.92. The van der Waals surface area contributed by atoms with Gasteiger partial charge in [-0.1, -0.05) is 32.0 Å². The Morgan fingerprint density at radius 2 is 1.88 bits per heavy atom. The Hall–Kier alpha value is -1.51. The van der Waals surface area contributed by atoms with Gasteiger partial charge in [-0.25, -0.2) is 0 Å². The molecule has 0 aromatic heterocycles. The zero-order chi connectivity index (χ0) is 11.8. The Balaban J connectivity index is 2.82. The number of para-hydroxylation sites is 1. The quantitative estimate of drug-likeness (QED) is 0.611. The van der Waals surface area contributed by atoms with Crippen molar-refractivity contribution in [2.24, 2.45) is 10.7 Å². The van der Waals surface area contributed by atoms with Crippen LogP contribution in [0.4, 0.5) is 5.69 Å². The maximum Gasteiger partial charge on any atom is 0.195 e. The van der Waals surface area contributed by atoms with Gasteiger partial charge < -0.3 is 10.6 Å². The number of rotatable bonds is 5. The molecule has 88 valence electrons. The van der Waals surface area contributed by atoms with Crippen molar-refractivity contribution in [1.29, 1.82) is 0 Å². The average Bonchev–Trinajstić information content (AvgIpc) is 2.34. The molecule has 0 aliphatic heterocycles. The molecule has 0 aliphatic carbocycles. The average molecular weight is 219 g/mol. The van der Waals surface area contributed by atoms with E-state index < -0.39 is 0 Å². The normalized spacial score (nSPS) is 11.5. The molecule has 1 aromatic rings. The van der Waals surface area contributed by atoms with Crippen molar-refractivity contribution in [2.75, 3.05) is 18.0 Å². The molecule has 3 nitrogen and oxygen atoms in total. The van der Waals surface area contributed by atoms with Crippen molar-refractivity contribution in [1.82, 2.24) is 0 Å². The number of benzene rings is 1. The molecule has 1 aromatic carbocycles. The highest BCUT2D eigenvalue weighted by Crippen LogP contribution is 2.13. The van der Waals surface area contributed by atoms with Gasteiger partial charge in [0, 0.05) is 18.8 Å². The summed E-state index contributed by atoms with van der Waals surface area (Å²) >= 11 is 0. The van der Waals surface area contributed by atoms with Crippen LogP contribution in [0.5, 0.6) is 0 Å². The second kappa shape index (κ2) is 6.88. The highest BCUT2D eigenvalue weighted by Gasteiger charge is 2.08. The first-order valence-electron chi connectivity index (χ1n) is 5.92. The molecule has 0 heterocycles. The van der Waals surface area contributed by atoms with Crippen molar-refractivity contribution >= 4 is 11.6 Å². The number of hydrogen-bond donors (Lipinski definition) is 1. The maximum atomic E-state index is 6.00. The highest BCUT2D eigenvalue weighted by molar-refractivity contribution is 5.94. The number of nitrogens with zero attached hydrogens (tertiary/aromatic N) is 2. The Labute approximate surface area is 98.0 Å². The molecular weight excluding hydrogens is 198 g/mol. The van der Waals surface area contributed by atoms with E-state index >= 15 is 0 Å². The minimum Gasteiger partial charge on any atom is -0.370 e. The van der Waals surface area contributed by atoms with E-state index in [0.717, 1.165) is 31.6 Å². The van der Waals surface area contributed by atoms with Crippen LogP contribution in [0.1, 0.15) is 26.7 Å². The molecule has 0 atom stereocenters. The van der Waals surface area contributed by atoms with Crippen LogP contribution in [0, 0.1) is 0 Å². The van der Waals surface area contributed by atoms with Gasteiger partial charge in [0.1, 0.15) is 0 Å². The molecule has 3 heteroatoms. The summed E-state index contributed by atoms with van der Waals surface area (Å²) in [7, 11) is 0. The van der Waals surface area contributed by atoms with E-state index in [4.69, 9.17) is 5.73 Å². The number of hydrogen-bond acceptors (Lipinski definition) is 1. The Morgan fingerprint density at radius 1 is 1.19 bits per heavy atom. The van der Waals surface area contributed by atoms with Crippen LogP contribution in [0.3, 0.4) is 0 Å². The SMILES string of the molecule is CCCN=C(N)N(CCC)c1ccccc1. The minimum atomic E-state index is 0.620. The van der Waals surface area contributed by atoms with E-state index in [2.05, 4.69) is 35.9 Å². The van der Waals surface area contributed by atoms with Gasteiger partial charge in [-0.2, -0.15) is 0 Å². The minimum absolute atomic E-state index is 0.620. The van der Waals surface area contributed by atoms with Crippen molar-refractivity contribution < 1.29 is 0 Å². The third-order valence-corrected chi connectivity index (χ3v) is 2.29.